The molecule has 0 amide bonds. The van der Waals surface area contributed by atoms with Gasteiger partial charge in [-0.3, -0.25) is 9.52 Å². The van der Waals surface area contributed by atoms with E-state index in [9.17, 15) is 0 Å². The van der Waals surface area contributed by atoms with Gasteiger partial charge in [-0.05, 0) is 25.8 Å². The predicted molar refractivity (Wildman–Crippen MR) is 58.1 cm³/mol. The minimum atomic E-state index is 0.419. The van der Waals surface area contributed by atoms with E-state index in [0.717, 1.165) is 13.1 Å². The molecule has 1 aliphatic carbocycles. The molecule has 84 valence electrons. The number of aromatic nitrogens is 2. The minimum absolute atomic E-state index is 0.419. The zero-order chi connectivity index (χ0) is 10.5. The highest BCUT2D eigenvalue weighted by atomic mass is 16.7. The van der Waals surface area contributed by atoms with Gasteiger partial charge in [0, 0.05) is 12.7 Å². The zero-order valence-corrected chi connectivity index (χ0v) is 9.28. The first-order valence-corrected chi connectivity index (χ1v) is 5.79. The van der Waals surface area contributed by atoms with Crippen molar-refractivity contribution in [3.05, 3.63) is 18.0 Å². The molecule has 0 unspecified atom stereocenters. The summed E-state index contributed by atoms with van der Waals surface area (Å²) in [6, 6.07) is 2.02. The van der Waals surface area contributed by atoms with Gasteiger partial charge in [0.1, 0.15) is 0 Å². The molecule has 15 heavy (non-hydrogen) atoms. The number of aryl methyl sites for hydroxylation is 1. The van der Waals surface area contributed by atoms with E-state index < -0.39 is 0 Å². The Morgan fingerprint density at radius 1 is 1.53 bits per heavy atom. The Balaban J connectivity index is 1.73. The van der Waals surface area contributed by atoms with Crippen molar-refractivity contribution >= 4 is 0 Å². The van der Waals surface area contributed by atoms with Gasteiger partial charge in [-0.25, -0.2) is 0 Å². The number of nitrogens with zero attached hydrogens (tertiary/aromatic N) is 2. The summed E-state index contributed by atoms with van der Waals surface area (Å²) in [5, 5.41) is 4.21. The van der Waals surface area contributed by atoms with E-state index in [0.29, 0.717) is 6.10 Å². The van der Waals surface area contributed by atoms with Crippen molar-refractivity contribution in [2.45, 2.75) is 51.8 Å². The lowest BCUT2D eigenvalue weighted by Gasteiger charge is -2.12. The van der Waals surface area contributed by atoms with Crippen LogP contribution >= 0.6 is 0 Å². The van der Waals surface area contributed by atoms with Crippen LogP contribution in [0, 0.1) is 0 Å². The van der Waals surface area contributed by atoms with Crippen LogP contribution in [0.5, 0.6) is 0 Å². The molecule has 0 aliphatic heterocycles. The van der Waals surface area contributed by atoms with E-state index in [-0.39, 0.29) is 0 Å². The molecule has 0 bridgehead atoms. The smallest absolute Gasteiger partial charge is 0.0790 e. The molecule has 1 aliphatic rings. The van der Waals surface area contributed by atoms with E-state index in [2.05, 4.69) is 17.5 Å². The third-order valence-electron chi connectivity index (χ3n) is 2.91. The molecule has 0 aromatic carbocycles. The maximum absolute atomic E-state index is 5.58. The Morgan fingerprint density at radius 3 is 3.07 bits per heavy atom. The number of nitrogens with one attached hydrogen (secondary N) is 1. The van der Waals surface area contributed by atoms with Gasteiger partial charge in [0.05, 0.1) is 18.3 Å². The van der Waals surface area contributed by atoms with E-state index in [4.69, 9.17) is 4.84 Å². The summed E-state index contributed by atoms with van der Waals surface area (Å²) in [6.07, 6.45) is 7.25. The zero-order valence-electron chi connectivity index (χ0n) is 9.28. The van der Waals surface area contributed by atoms with Crippen molar-refractivity contribution in [1.82, 2.24) is 15.3 Å². The third kappa shape index (κ3) is 2.79. The van der Waals surface area contributed by atoms with Gasteiger partial charge in [0.15, 0.2) is 0 Å². The summed E-state index contributed by atoms with van der Waals surface area (Å²) in [4.78, 5) is 5.58. The van der Waals surface area contributed by atoms with Crippen LogP contribution in [0.2, 0.25) is 0 Å². The predicted octanol–water partition coefficient (Wildman–Crippen LogP) is 1.87. The average molecular weight is 209 g/mol. The first-order chi connectivity index (χ1) is 7.40. The number of hydrogen-bond acceptors (Lipinski definition) is 3. The lowest BCUT2D eigenvalue weighted by molar-refractivity contribution is -0.0253. The van der Waals surface area contributed by atoms with Gasteiger partial charge >= 0.3 is 0 Å². The fourth-order valence-electron chi connectivity index (χ4n) is 2.03. The first-order valence-electron chi connectivity index (χ1n) is 5.79. The Morgan fingerprint density at radius 2 is 2.33 bits per heavy atom. The Hall–Kier alpha value is -0.870. The molecule has 4 nitrogen and oxygen atoms in total. The van der Waals surface area contributed by atoms with Crippen LogP contribution in [0.3, 0.4) is 0 Å². The lowest BCUT2D eigenvalue weighted by Crippen LogP contribution is -2.22. The Bertz CT molecular complexity index is 292. The molecule has 0 radical (unpaired) electrons. The van der Waals surface area contributed by atoms with E-state index in [1.807, 2.05) is 16.9 Å². The second-order valence-corrected chi connectivity index (χ2v) is 3.98. The topological polar surface area (TPSA) is 39.1 Å². The monoisotopic (exact) mass is 209 g/mol. The maximum atomic E-state index is 5.58. The average Bonchev–Trinajstić information content (AvgIpc) is 2.88. The van der Waals surface area contributed by atoms with Crippen LogP contribution in [-0.4, -0.2) is 15.9 Å². The summed E-state index contributed by atoms with van der Waals surface area (Å²) in [5.41, 5.74) is 4.22. The van der Waals surface area contributed by atoms with Crippen molar-refractivity contribution in [1.29, 1.82) is 0 Å². The summed E-state index contributed by atoms with van der Waals surface area (Å²) in [7, 11) is 0. The normalized spacial score (nSPS) is 17.4. The van der Waals surface area contributed by atoms with Gasteiger partial charge in [-0.1, -0.05) is 12.8 Å². The van der Waals surface area contributed by atoms with Crippen LogP contribution in [-0.2, 0) is 17.9 Å². The van der Waals surface area contributed by atoms with E-state index in [1.54, 1.807) is 0 Å². The quantitative estimate of drug-likeness (QED) is 0.752. The Labute approximate surface area is 90.6 Å². The molecule has 2 rings (SSSR count). The lowest BCUT2D eigenvalue weighted by atomic mass is 10.3. The van der Waals surface area contributed by atoms with Crippen molar-refractivity contribution in [2.75, 3.05) is 0 Å². The molecular formula is C11H19N3O. The van der Waals surface area contributed by atoms with Gasteiger partial charge in [0.2, 0.25) is 0 Å². The molecule has 1 aromatic rings. The molecule has 4 heteroatoms. The van der Waals surface area contributed by atoms with Crippen molar-refractivity contribution in [2.24, 2.45) is 0 Å². The molecule has 0 atom stereocenters. The summed E-state index contributed by atoms with van der Waals surface area (Å²) >= 11 is 0. The minimum Gasteiger partial charge on any atom is -0.298 e. The highest BCUT2D eigenvalue weighted by Gasteiger charge is 2.15. The van der Waals surface area contributed by atoms with Crippen molar-refractivity contribution in [3.8, 4) is 0 Å². The standard InChI is InChI=1S/C11H19N3O/c1-2-14-10(7-8-12-14)9-13-15-11-5-3-4-6-11/h7-8,11,13H,2-6,9H2,1H3. The molecule has 1 fully saturated rings. The van der Waals surface area contributed by atoms with E-state index in [1.165, 1.54) is 31.4 Å². The van der Waals surface area contributed by atoms with Gasteiger partial charge in [0.25, 0.3) is 0 Å². The van der Waals surface area contributed by atoms with Gasteiger partial charge in [-0.15, -0.1) is 0 Å². The SMILES string of the molecule is CCn1nccc1CNOC1CCCC1. The fourth-order valence-corrected chi connectivity index (χ4v) is 2.03. The second kappa shape index (κ2) is 5.28. The number of rotatable bonds is 5. The first kappa shape index (κ1) is 10.6. The molecule has 1 N–H and O–H groups in total. The molecule has 1 heterocycles. The van der Waals surface area contributed by atoms with Gasteiger partial charge in [-0.2, -0.15) is 10.6 Å². The molecule has 1 aromatic heterocycles. The Kier molecular flexibility index (Phi) is 3.75. The summed E-state index contributed by atoms with van der Waals surface area (Å²) in [5.74, 6) is 0. The third-order valence-corrected chi connectivity index (χ3v) is 2.91. The van der Waals surface area contributed by atoms with Crippen LogP contribution in [0.25, 0.3) is 0 Å². The van der Waals surface area contributed by atoms with Crippen LogP contribution < -0.4 is 5.48 Å². The second-order valence-electron chi connectivity index (χ2n) is 3.98. The highest BCUT2D eigenvalue weighted by Crippen LogP contribution is 2.19. The van der Waals surface area contributed by atoms with Gasteiger partial charge < -0.3 is 0 Å². The molecule has 0 spiro atoms. The summed E-state index contributed by atoms with van der Waals surface area (Å²) < 4.78 is 1.98. The molecular weight excluding hydrogens is 190 g/mol. The van der Waals surface area contributed by atoms with Crippen molar-refractivity contribution < 1.29 is 4.84 Å². The number of hydrogen-bond donors (Lipinski definition) is 1. The van der Waals surface area contributed by atoms with E-state index >= 15 is 0 Å². The van der Waals surface area contributed by atoms with Crippen LogP contribution in [0.15, 0.2) is 12.3 Å². The highest BCUT2D eigenvalue weighted by molar-refractivity contribution is 4.99. The number of hydroxylamine groups is 1. The molecule has 0 saturated heterocycles. The largest absolute Gasteiger partial charge is 0.298 e. The molecule has 1 saturated carbocycles. The van der Waals surface area contributed by atoms with Crippen LogP contribution in [0.4, 0.5) is 0 Å². The van der Waals surface area contributed by atoms with Crippen molar-refractivity contribution in [3.63, 3.8) is 0 Å². The fraction of sp³-hybridized carbons (Fsp3) is 0.727. The maximum Gasteiger partial charge on any atom is 0.0790 e. The van der Waals surface area contributed by atoms with Crippen LogP contribution in [0.1, 0.15) is 38.3 Å². The summed E-state index contributed by atoms with van der Waals surface area (Å²) in [6.45, 7) is 3.74.